The molecule has 2 aliphatic heterocycles. The molecule has 0 spiro atoms. The van der Waals surface area contributed by atoms with Crippen molar-refractivity contribution in [2.24, 2.45) is 5.92 Å². The number of Topliss-reactive ketones (excluding diaryl/α,β-unsaturated/α-hetero) is 1. The number of carbonyl (C=O) groups excluding carboxylic acids is 1. The summed E-state index contributed by atoms with van der Waals surface area (Å²) in [7, 11) is 0. The van der Waals surface area contributed by atoms with E-state index in [4.69, 9.17) is 9.47 Å². The van der Waals surface area contributed by atoms with Crippen LogP contribution in [-0.4, -0.2) is 25.3 Å². The van der Waals surface area contributed by atoms with Crippen LogP contribution in [0.5, 0.6) is 0 Å². The Kier molecular flexibility index (Phi) is 1.55. The molecular weight excluding hydrogens is 144 g/mol. The van der Waals surface area contributed by atoms with E-state index in [0.717, 1.165) is 5.57 Å². The Labute approximate surface area is 65.0 Å². The fourth-order valence-electron chi connectivity index (χ4n) is 1.49. The normalized spacial score (nSPS) is 37.5. The lowest BCUT2D eigenvalue weighted by atomic mass is 9.95. The third kappa shape index (κ3) is 1.10. The first-order chi connectivity index (χ1) is 5.27. The number of ketones is 1. The highest BCUT2D eigenvalue weighted by Gasteiger charge is 2.37. The number of ether oxygens (including phenoxy) is 2. The second-order valence-corrected chi connectivity index (χ2v) is 3.00. The molecule has 2 rings (SSSR count). The van der Waals surface area contributed by atoms with Gasteiger partial charge in [-0.1, -0.05) is 6.58 Å². The van der Waals surface area contributed by atoms with E-state index < -0.39 is 0 Å². The monoisotopic (exact) mass is 154 g/mol. The van der Waals surface area contributed by atoms with Gasteiger partial charge in [-0.3, -0.25) is 4.79 Å². The second-order valence-electron chi connectivity index (χ2n) is 3.00. The Morgan fingerprint density at radius 3 is 2.91 bits per heavy atom. The quantitative estimate of drug-likeness (QED) is 0.477. The lowest BCUT2D eigenvalue weighted by molar-refractivity contribution is -0.166. The van der Waals surface area contributed by atoms with Gasteiger partial charge in [0.2, 0.25) is 0 Å². The van der Waals surface area contributed by atoms with Crippen molar-refractivity contribution in [1.29, 1.82) is 0 Å². The molecule has 0 aromatic rings. The molecule has 2 fully saturated rings. The van der Waals surface area contributed by atoms with Gasteiger partial charge in [0.05, 0.1) is 6.61 Å². The molecule has 2 aliphatic rings. The zero-order chi connectivity index (χ0) is 7.84. The first-order valence-electron chi connectivity index (χ1n) is 3.70. The zero-order valence-electron chi connectivity index (χ0n) is 6.21. The summed E-state index contributed by atoms with van der Waals surface area (Å²) in [6, 6.07) is 0. The van der Waals surface area contributed by atoms with Crippen LogP contribution < -0.4 is 0 Å². The number of carbonyl (C=O) groups is 1. The topological polar surface area (TPSA) is 35.5 Å². The Morgan fingerprint density at radius 1 is 1.36 bits per heavy atom. The van der Waals surface area contributed by atoms with E-state index in [2.05, 4.69) is 6.58 Å². The van der Waals surface area contributed by atoms with E-state index in [1.807, 2.05) is 0 Å². The third-order valence-electron chi connectivity index (χ3n) is 2.14. The summed E-state index contributed by atoms with van der Waals surface area (Å²) < 4.78 is 10.4. The number of rotatable bonds is 0. The molecule has 0 saturated carbocycles. The van der Waals surface area contributed by atoms with Crippen molar-refractivity contribution in [1.82, 2.24) is 0 Å². The predicted octanol–water partition coefficient (Wildman–Crippen LogP) is 0.505. The molecule has 0 amide bonds. The molecule has 0 radical (unpaired) electrons. The van der Waals surface area contributed by atoms with Crippen LogP contribution >= 0.6 is 0 Å². The summed E-state index contributed by atoms with van der Waals surface area (Å²) in [4.78, 5) is 10.9. The molecule has 0 N–H and O–H groups in total. The SMILES string of the molecule is C=C1CO[C@@H]2OCC(=O)C[C@H]12. The second kappa shape index (κ2) is 2.43. The first kappa shape index (κ1) is 7.00. The molecule has 2 heterocycles. The number of hydrogen-bond donors (Lipinski definition) is 0. The third-order valence-corrected chi connectivity index (χ3v) is 2.14. The molecule has 0 aromatic heterocycles. The van der Waals surface area contributed by atoms with Gasteiger partial charge in [0, 0.05) is 12.3 Å². The van der Waals surface area contributed by atoms with Crippen molar-refractivity contribution in [2.75, 3.05) is 13.2 Å². The van der Waals surface area contributed by atoms with Crippen LogP contribution in [0.3, 0.4) is 0 Å². The van der Waals surface area contributed by atoms with Gasteiger partial charge in [-0.25, -0.2) is 0 Å². The van der Waals surface area contributed by atoms with Crippen molar-refractivity contribution in [2.45, 2.75) is 12.7 Å². The van der Waals surface area contributed by atoms with Crippen LogP contribution in [-0.2, 0) is 14.3 Å². The molecule has 0 aliphatic carbocycles. The van der Waals surface area contributed by atoms with Crippen LogP contribution in [0.1, 0.15) is 6.42 Å². The van der Waals surface area contributed by atoms with E-state index in [9.17, 15) is 4.79 Å². The maximum Gasteiger partial charge on any atom is 0.165 e. The highest BCUT2D eigenvalue weighted by molar-refractivity contribution is 5.81. The maximum atomic E-state index is 10.9. The molecule has 3 nitrogen and oxygen atoms in total. The van der Waals surface area contributed by atoms with Crippen molar-refractivity contribution < 1.29 is 14.3 Å². The summed E-state index contributed by atoms with van der Waals surface area (Å²) in [5.41, 5.74) is 0.989. The summed E-state index contributed by atoms with van der Waals surface area (Å²) in [5.74, 6) is 0.272. The van der Waals surface area contributed by atoms with Crippen molar-refractivity contribution >= 4 is 5.78 Å². The highest BCUT2D eigenvalue weighted by atomic mass is 16.7. The predicted molar refractivity (Wildman–Crippen MR) is 37.9 cm³/mol. The molecule has 3 heteroatoms. The van der Waals surface area contributed by atoms with Crippen LogP contribution in [0, 0.1) is 5.92 Å². The van der Waals surface area contributed by atoms with Gasteiger partial charge in [-0.15, -0.1) is 0 Å². The molecule has 11 heavy (non-hydrogen) atoms. The highest BCUT2D eigenvalue weighted by Crippen LogP contribution is 2.31. The summed E-state index contributed by atoms with van der Waals surface area (Å²) in [6.07, 6.45) is 0.351. The summed E-state index contributed by atoms with van der Waals surface area (Å²) in [6.45, 7) is 4.56. The molecule has 0 aromatic carbocycles. The average molecular weight is 154 g/mol. The minimum Gasteiger partial charge on any atom is -0.348 e. The minimum absolute atomic E-state index is 0.122. The standard InChI is InChI=1S/C8H10O3/c1-5-3-10-8-7(5)2-6(9)4-11-8/h7-8H,1-4H2/t7-,8-/m1/s1. The molecule has 0 unspecified atom stereocenters. The fourth-order valence-corrected chi connectivity index (χ4v) is 1.49. The zero-order valence-corrected chi connectivity index (χ0v) is 6.21. The van der Waals surface area contributed by atoms with Gasteiger partial charge in [-0.05, 0) is 5.57 Å². The number of fused-ring (bicyclic) bond motifs is 1. The molecule has 2 atom stereocenters. The maximum absolute atomic E-state index is 10.9. The van der Waals surface area contributed by atoms with Crippen LogP contribution in [0.15, 0.2) is 12.2 Å². The lowest BCUT2D eigenvalue weighted by Crippen LogP contribution is -2.32. The van der Waals surface area contributed by atoms with Crippen molar-refractivity contribution in [3.05, 3.63) is 12.2 Å². The molecule has 2 saturated heterocycles. The van der Waals surface area contributed by atoms with E-state index in [1.54, 1.807) is 0 Å². The van der Waals surface area contributed by atoms with Crippen LogP contribution in [0.2, 0.25) is 0 Å². The van der Waals surface area contributed by atoms with E-state index >= 15 is 0 Å². The van der Waals surface area contributed by atoms with Gasteiger partial charge in [0.15, 0.2) is 12.1 Å². The Bertz CT molecular complexity index is 209. The average Bonchev–Trinajstić information content (AvgIpc) is 2.33. The molecular formula is C8H10O3. The Balaban J connectivity index is 2.13. The summed E-state index contributed by atoms with van der Waals surface area (Å²) in [5, 5.41) is 0. The van der Waals surface area contributed by atoms with Crippen LogP contribution in [0.4, 0.5) is 0 Å². The lowest BCUT2D eigenvalue weighted by Gasteiger charge is -2.23. The van der Waals surface area contributed by atoms with Crippen LogP contribution in [0.25, 0.3) is 0 Å². The van der Waals surface area contributed by atoms with Gasteiger partial charge in [0.1, 0.15) is 6.61 Å². The van der Waals surface area contributed by atoms with Gasteiger partial charge in [-0.2, -0.15) is 0 Å². The minimum atomic E-state index is -0.194. The van der Waals surface area contributed by atoms with E-state index in [1.165, 1.54) is 0 Å². The van der Waals surface area contributed by atoms with E-state index in [-0.39, 0.29) is 24.6 Å². The number of hydrogen-bond acceptors (Lipinski definition) is 3. The van der Waals surface area contributed by atoms with E-state index in [0.29, 0.717) is 13.0 Å². The largest absolute Gasteiger partial charge is 0.348 e. The first-order valence-corrected chi connectivity index (χ1v) is 3.70. The Morgan fingerprint density at radius 2 is 2.09 bits per heavy atom. The van der Waals surface area contributed by atoms with Gasteiger partial charge >= 0.3 is 0 Å². The van der Waals surface area contributed by atoms with Gasteiger partial charge in [0.25, 0.3) is 0 Å². The van der Waals surface area contributed by atoms with Crippen molar-refractivity contribution in [3.63, 3.8) is 0 Å². The molecule has 0 bridgehead atoms. The van der Waals surface area contributed by atoms with Gasteiger partial charge < -0.3 is 9.47 Å². The fraction of sp³-hybridized carbons (Fsp3) is 0.625. The smallest absolute Gasteiger partial charge is 0.165 e. The molecule has 60 valence electrons. The van der Waals surface area contributed by atoms with Crippen molar-refractivity contribution in [3.8, 4) is 0 Å². The Hall–Kier alpha value is -0.670. The summed E-state index contributed by atoms with van der Waals surface area (Å²) >= 11 is 0.